The van der Waals surface area contributed by atoms with Crippen LogP contribution in [0.5, 0.6) is 5.75 Å². The first kappa shape index (κ1) is 17.4. The van der Waals surface area contributed by atoms with Gasteiger partial charge in [0.15, 0.2) is 0 Å². The summed E-state index contributed by atoms with van der Waals surface area (Å²) >= 11 is 0. The Kier molecular flexibility index (Phi) is 4.98. The molecule has 6 heteroatoms. The van der Waals surface area contributed by atoms with Gasteiger partial charge in [0, 0.05) is 60.5 Å². The molecule has 4 rings (SSSR count). The molecule has 0 atom stereocenters. The van der Waals surface area contributed by atoms with Gasteiger partial charge < -0.3 is 24.7 Å². The average Bonchev–Trinajstić information content (AvgIpc) is 3.06. The monoisotopic (exact) mass is 365 g/mol. The quantitative estimate of drug-likeness (QED) is 0.676. The Hall–Kier alpha value is -2.99. The Balaban J connectivity index is 1.44. The molecule has 0 fully saturated rings. The van der Waals surface area contributed by atoms with E-state index < -0.39 is 0 Å². The van der Waals surface area contributed by atoms with Crippen LogP contribution in [-0.4, -0.2) is 42.8 Å². The minimum absolute atomic E-state index is 0.0972. The third-order valence-corrected chi connectivity index (χ3v) is 4.81. The van der Waals surface area contributed by atoms with Crippen LogP contribution in [0.15, 0.2) is 48.5 Å². The maximum atomic E-state index is 12.8. The standard InChI is InChI=1S/C21H23N3O3/c1-26-11-12-27-16-6-4-5-15(13-16)22-21(25)24-10-9-20-18(14-24)17-7-2-3-8-19(17)23-20/h2-8,13,23H,9-12,14H2,1H3,(H,22,25). The number of aromatic nitrogens is 1. The predicted molar refractivity (Wildman–Crippen MR) is 105 cm³/mol. The number of carbonyl (C=O) groups is 1. The predicted octanol–water partition coefficient (Wildman–Crippen LogP) is 3.78. The lowest BCUT2D eigenvalue weighted by atomic mass is 10.0. The average molecular weight is 365 g/mol. The Morgan fingerprint density at radius 1 is 1.19 bits per heavy atom. The molecule has 0 radical (unpaired) electrons. The number of ether oxygens (including phenoxy) is 2. The molecule has 3 aromatic rings. The maximum Gasteiger partial charge on any atom is 0.322 e. The van der Waals surface area contributed by atoms with E-state index in [1.165, 1.54) is 16.6 Å². The Morgan fingerprint density at radius 3 is 2.96 bits per heavy atom. The summed E-state index contributed by atoms with van der Waals surface area (Å²) in [7, 11) is 1.64. The van der Waals surface area contributed by atoms with Crippen LogP contribution in [0.1, 0.15) is 11.3 Å². The second kappa shape index (κ2) is 7.72. The van der Waals surface area contributed by atoms with Crippen molar-refractivity contribution in [3.05, 3.63) is 59.8 Å². The largest absolute Gasteiger partial charge is 0.491 e. The number of benzene rings is 2. The Labute approximate surface area is 158 Å². The fraction of sp³-hybridized carbons (Fsp3) is 0.286. The van der Waals surface area contributed by atoms with Gasteiger partial charge >= 0.3 is 6.03 Å². The van der Waals surface area contributed by atoms with Crippen molar-refractivity contribution < 1.29 is 14.3 Å². The van der Waals surface area contributed by atoms with Gasteiger partial charge in [0.1, 0.15) is 12.4 Å². The van der Waals surface area contributed by atoms with Crippen molar-refractivity contribution in [1.82, 2.24) is 9.88 Å². The number of hydrogen-bond donors (Lipinski definition) is 2. The van der Waals surface area contributed by atoms with E-state index in [1.807, 2.05) is 41.3 Å². The summed E-state index contributed by atoms with van der Waals surface area (Å²) in [5, 5.41) is 4.17. The van der Waals surface area contributed by atoms with Crippen molar-refractivity contribution in [1.29, 1.82) is 0 Å². The Bertz CT molecular complexity index is 951. The number of hydrogen-bond acceptors (Lipinski definition) is 3. The number of para-hydroxylation sites is 1. The van der Waals surface area contributed by atoms with Crippen LogP contribution in [0, 0.1) is 0 Å². The summed E-state index contributed by atoms with van der Waals surface area (Å²) in [5.41, 5.74) is 4.29. The van der Waals surface area contributed by atoms with Gasteiger partial charge in [0.05, 0.1) is 6.61 Å². The number of H-pyrrole nitrogens is 1. The number of nitrogens with zero attached hydrogens (tertiary/aromatic N) is 1. The van der Waals surface area contributed by atoms with Gasteiger partial charge in [-0.1, -0.05) is 24.3 Å². The fourth-order valence-corrected chi connectivity index (χ4v) is 3.45. The van der Waals surface area contributed by atoms with Gasteiger partial charge in [-0.2, -0.15) is 0 Å². The smallest absolute Gasteiger partial charge is 0.322 e. The zero-order chi connectivity index (χ0) is 18.6. The normalized spacial score (nSPS) is 13.4. The number of rotatable bonds is 5. The van der Waals surface area contributed by atoms with Gasteiger partial charge in [-0.05, 0) is 18.2 Å². The zero-order valence-corrected chi connectivity index (χ0v) is 15.3. The summed E-state index contributed by atoms with van der Waals surface area (Å²) in [5.74, 6) is 0.711. The molecule has 2 N–H and O–H groups in total. The minimum atomic E-state index is -0.0972. The van der Waals surface area contributed by atoms with E-state index in [-0.39, 0.29) is 6.03 Å². The number of fused-ring (bicyclic) bond motifs is 3. The highest BCUT2D eigenvalue weighted by Gasteiger charge is 2.24. The maximum absolute atomic E-state index is 12.8. The van der Waals surface area contributed by atoms with Gasteiger partial charge in [0.25, 0.3) is 0 Å². The molecule has 6 nitrogen and oxygen atoms in total. The van der Waals surface area contributed by atoms with Crippen LogP contribution < -0.4 is 10.1 Å². The molecular weight excluding hydrogens is 342 g/mol. The molecule has 0 saturated heterocycles. The van der Waals surface area contributed by atoms with Crippen LogP contribution in [0.25, 0.3) is 10.9 Å². The molecular formula is C21H23N3O3. The first-order valence-corrected chi connectivity index (χ1v) is 9.11. The summed E-state index contributed by atoms with van der Waals surface area (Å²) in [6.45, 7) is 2.30. The molecule has 2 aromatic carbocycles. The van der Waals surface area contributed by atoms with Gasteiger partial charge in [-0.15, -0.1) is 0 Å². The summed E-state index contributed by atoms with van der Waals surface area (Å²) in [6.07, 6.45) is 0.831. The highest BCUT2D eigenvalue weighted by molar-refractivity contribution is 5.91. The van der Waals surface area contributed by atoms with Crippen molar-refractivity contribution in [3.63, 3.8) is 0 Å². The number of carbonyl (C=O) groups excluding carboxylic acids is 1. The number of anilines is 1. The topological polar surface area (TPSA) is 66.6 Å². The number of amides is 2. The van der Waals surface area contributed by atoms with Crippen molar-refractivity contribution in [2.45, 2.75) is 13.0 Å². The lowest BCUT2D eigenvalue weighted by molar-refractivity contribution is 0.146. The fourth-order valence-electron chi connectivity index (χ4n) is 3.45. The second-order valence-corrected chi connectivity index (χ2v) is 6.60. The third-order valence-electron chi connectivity index (χ3n) is 4.81. The lowest BCUT2D eigenvalue weighted by Gasteiger charge is -2.27. The van der Waals surface area contributed by atoms with Crippen LogP contribution in [0.4, 0.5) is 10.5 Å². The molecule has 140 valence electrons. The molecule has 0 spiro atoms. The summed E-state index contributed by atoms with van der Waals surface area (Å²) < 4.78 is 10.6. The third kappa shape index (κ3) is 3.75. The molecule has 0 aliphatic carbocycles. The molecule has 2 amide bonds. The molecule has 2 heterocycles. The van der Waals surface area contributed by atoms with E-state index in [4.69, 9.17) is 9.47 Å². The van der Waals surface area contributed by atoms with Crippen molar-refractivity contribution in [2.24, 2.45) is 0 Å². The molecule has 0 unspecified atom stereocenters. The molecule has 0 bridgehead atoms. The van der Waals surface area contributed by atoms with Crippen molar-refractivity contribution in [2.75, 3.05) is 32.2 Å². The van der Waals surface area contributed by atoms with Crippen LogP contribution >= 0.6 is 0 Å². The van der Waals surface area contributed by atoms with E-state index in [9.17, 15) is 4.79 Å². The van der Waals surface area contributed by atoms with Crippen LogP contribution in [-0.2, 0) is 17.7 Å². The first-order chi connectivity index (χ1) is 13.2. The van der Waals surface area contributed by atoms with E-state index >= 15 is 0 Å². The van der Waals surface area contributed by atoms with E-state index in [0.717, 1.165) is 17.6 Å². The second-order valence-electron chi connectivity index (χ2n) is 6.60. The molecule has 27 heavy (non-hydrogen) atoms. The van der Waals surface area contributed by atoms with Gasteiger partial charge in [0.2, 0.25) is 0 Å². The molecule has 1 aliphatic rings. The summed E-state index contributed by atoms with van der Waals surface area (Å²) in [6, 6.07) is 15.6. The highest BCUT2D eigenvalue weighted by atomic mass is 16.5. The number of nitrogens with one attached hydrogen (secondary N) is 2. The van der Waals surface area contributed by atoms with Crippen molar-refractivity contribution in [3.8, 4) is 5.75 Å². The molecule has 1 aliphatic heterocycles. The lowest BCUT2D eigenvalue weighted by Crippen LogP contribution is -2.38. The number of aromatic amines is 1. The summed E-state index contributed by atoms with van der Waals surface area (Å²) in [4.78, 5) is 18.1. The van der Waals surface area contributed by atoms with E-state index in [1.54, 1.807) is 7.11 Å². The molecule has 0 saturated carbocycles. The van der Waals surface area contributed by atoms with E-state index in [2.05, 4.69) is 22.4 Å². The SMILES string of the molecule is COCCOc1cccc(NC(=O)N2CCc3[nH]c4ccccc4c3C2)c1. The van der Waals surface area contributed by atoms with Gasteiger partial charge in [-0.25, -0.2) is 4.79 Å². The highest BCUT2D eigenvalue weighted by Crippen LogP contribution is 2.28. The van der Waals surface area contributed by atoms with Gasteiger partial charge in [-0.3, -0.25) is 0 Å². The van der Waals surface area contributed by atoms with Crippen LogP contribution in [0.2, 0.25) is 0 Å². The number of methoxy groups -OCH3 is 1. The Morgan fingerprint density at radius 2 is 2.07 bits per heavy atom. The van der Waals surface area contributed by atoms with Crippen LogP contribution in [0.3, 0.4) is 0 Å². The number of urea groups is 1. The first-order valence-electron chi connectivity index (χ1n) is 9.11. The van der Waals surface area contributed by atoms with E-state index in [0.29, 0.717) is 32.1 Å². The van der Waals surface area contributed by atoms with Crippen molar-refractivity contribution >= 4 is 22.6 Å². The zero-order valence-electron chi connectivity index (χ0n) is 15.3. The minimum Gasteiger partial charge on any atom is -0.491 e. The molecule has 1 aromatic heterocycles.